The van der Waals surface area contributed by atoms with Crippen molar-refractivity contribution in [3.63, 3.8) is 0 Å². The number of hydrogen-bond acceptors (Lipinski definition) is 2. The van der Waals surface area contributed by atoms with Crippen LogP contribution < -0.4 is 16.6 Å². The fraction of sp³-hybridized carbons (Fsp3) is 0.125. The van der Waals surface area contributed by atoms with E-state index in [1.807, 2.05) is 5.43 Å². The molecule has 0 saturated heterocycles. The van der Waals surface area contributed by atoms with Gasteiger partial charge in [-0.2, -0.15) is 13.2 Å². The number of nitrogens with two attached hydrogens (primary N) is 1. The van der Waals surface area contributed by atoms with E-state index >= 15 is 0 Å². The molecule has 0 atom stereocenters. The zero-order valence-corrected chi connectivity index (χ0v) is 9.30. The molecule has 0 heterocycles. The normalized spacial score (nSPS) is 11.1. The molecule has 0 unspecified atom stereocenters. The summed E-state index contributed by atoms with van der Waals surface area (Å²) in [6.45, 7) is 0. The topological polar surface area (TPSA) is 50.1 Å². The number of benzene rings is 1. The van der Waals surface area contributed by atoms with Crippen LogP contribution in [0, 0.1) is 0 Å². The van der Waals surface area contributed by atoms with Crippen molar-refractivity contribution in [2.75, 3.05) is 5.32 Å². The van der Waals surface area contributed by atoms with E-state index in [0.29, 0.717) is 0 Å². The van der Waals surface area contributed by atoms with E-state index in [9.17, 15) is 13.2 Å². The van der Waals surface area contributed by atoms with Crippen LogP contribution in [0.25, 0.3) is 0 Å². The summed E-state index contributed by atoms with van der Waals surface area (Å²) < 4.78 is 37.8. The zero-order chi connectivity index (χ0) is 12.3. The zero-order valence-electron chi connectivity index (χ0n) is 7.73. The molecule has 8 heteroatoms. The fourth-order valence-electron chi connectivity index (χ4n) is 1.04. The van der Waals surface area contributed by atoms with Crippen LogP contribution in [-0.2, 0) is 6.18 Å². The summed E-state index contributed by atoms with van der Waals surface area (Å²) in [4.78, 5) is 0. The Hall–Kier alpha value is -1.05. The maximum Gasteiger partial charge on any atom is 0.418 e. The van der Waals surface area contributed by atoms with Crippen molar-refractivity contribution in [2.24, 2.45) is 5.84 Å². The van der Waals surface area contributed by atoms with Crippen LogP contribution >= 0.6 is 23.8 Å². The first-order valence-electron chi connectivity index (χ1n) is 3.99. The van der Waals surface area contributed by atoms with Gasteiger partial charge >= 0.3 is 6.18 Å². The molecule has 1 aromatic rings. The van der Waals surface area contributed by atoms with Gasteiger partial charge in [-0.3, -0.25) is 0 Å². The first-order chi connectivity index (χ1) is 7.36. The molecule has 4 N–H and O–H groups in total. The van der Waals surface area contributed by atoms with Gasteiger partial charge in [-0.25, -0.2) is 5.84 Å². The largest absolute Gasteiger partial charge is 0.418 e. The smallest absolute Gasteiger partial charge is 0.330 e. The number of alkyl halides is 3. The second-order valence-electron chi connectivity index (χ2n) is 2.76. The Balaban J connectivity index is 3.19. The molecule has 3 nitrogen and oxygen atoms in total. The van der Waals surface area contributed by atoms with Crippen LogP contribution in [0.3, 0.4) is 0 Å². The van der Waals surface area contributed by atoms with Crippen LogP contribution in [-0.4, -0.2) is 5.11 Å². The van der Waals surface area contributed by atoms with Gasteiger partial charge in [0, 0.05) is 0 Å². The summed E-state index contributed by atoms with van der Waals surface area (Å²) in [6.07, 6.45) is -4.52. The number of halogens is 4. The molecule has 0 radical (unpaired) electrons. The Kier molecular flexibility index (Phi) is 3.95. The summed E-state index contributed by atoms with van der Waals surface area (Å²) in [7, 11) is 0. The number of thiocarbonyl (C=S) groups is 1. The number of hydrogen-bond donors (Lipinski definition) is 3. The maximum atomic E-state index is 12.6. The lowest BCUT2D eigenvalue weighted by Gasteiger charge is -2.15. The Labute approximate surface area is 99.7 Å². The van der Waals surface area contributed by atoms with E-state index in [1.165, 1.54) is 12.1 Å². The summed E-state index contributed by atoms with van der Waals surface area (Å²) >= 11 is 10.3. The fourth-order valence-corrected chi connectivity index (χ4v) is 1.36. The van der Waals surface area contributed by atoms with Gasteiger partial charge in [0.25, 0.3) is 0 Å². The second kappa shape index (κ2) is 4.86. The molecule has 0 amide bonds. The molecule has 88 valence electrons. The summed E-state index contributed by atoms with van der Waals surface area (Å²) in [5.41, 5.74) is 0.789. The highest BCUT2D eigenvalue weighted by Gasteiger charge is 2.34. The predicted molar refractivity (Wildman–Crippen MR) is 60.0 cm³/mol. The van der Waals surface area contributed by atoms with E-state index in [2.05, 4.69) is 17.5 Å². The third kappa shape index (κ3) is 2.97. The minimum Gasteiger partial charge on any atom is -0.330 e. The molecule has 0 spiro atoms. The van der Waals surface area contributed by atoms with Crippen molar-refractivity contribution in [1.82, 2.24) is 5.43 Å². The number of nitrogens with one attached hydrogen (secondary N) is 2. The van der Waals surface area contributed by atoms with Crippen molar-refractivity contribution in [3.8, 4) is 0 Å². The van der Waals surface area contributed by atoms with Gasteiger partial charge in [-0.1, -0.05) is 17.7 Å². The average Bonchev–Trinajstić information content (AvgIpc) is 2.19. The van der Waals surface area contributed by atoms with Crippen LogP contribution in [0.1, 0.15) is 5.56 Å². The summed E-state index contributed by atoms with van der Waals surface area (Å²) in [5.74, 6) is 4.95. The molecule has 0 bridgehead atoms. The molecule has 1 rings (SSSR count). The number of hydrazine groups is 1. The Morgan fingerprint density at radius 1 is 1.38 bits per heavy atom. The lowest BCUT2D eigenvalue weighted by Crippen LogP contribution is -2.34. The number of para-hydroxylation sites is 1. The first-order valence-corrected chi connectivity index (χ1v) is 4.78. The third-order valence-corrected chi connectivity index (χ3v) is 2.22. The molecular formula is C8H7ClF3N3S. The SMILES string of the molecule is NNC(=S)Nc1c(Cl)cccc1C(F)(F)F. The van der Waals surface area contributed by atoms with Crippen molar-refractivity contribution >= 4 is 34.6 Å². The molecular weight excluding hydrogens is 263 g/mol. The van der Waals surface area contributed by atoms with E-state index < -0.39 is 11.7 Å². The van der Waals surface area contributed by atoms with Gasteiger partial charge in [0.15, 0.2) is 5.11 Å². The molecule has 0 fully saturated rings. The van der Waals surface area contributed by atoms with Crippen molar-refractivity contribution in [2.45, 2.75) is 6.18 Å². The minimum absolute atomic E-state index is 0.0903. The summed E-state index contributed by atoms with van der Waals surface area (Å²) in [5, 5.41) is 2.03. The summed E-state index contributed by atoms with van der Waals surface area (Å²) in [6, 6.07) is 3.42. The van der Waals surface area contributed by atoms with E-state index in [0.717, 1.165) is 6.07 Å². The molecule has 1 aromatic carbocycles. The van der Waals surface area contributed by atoms with Crippen LogP contribution in [0.15, 0.2) is 18.2 Å². The van der Waals surface area contributed by atoms with E-state index in [-0.39, 0.29) is 15.8 Å². The number of anilines is 1. The van der Waals surface area contributed by atoms with Crippen molar-refractivity contribution < 1.29 is 13.2 Å². The average molecular weight is 270 g/mol. The van der Waals surface area contributed by atoms with Gasteiger partial charge in [0.05, 0.1) is 16.3 Å². The van der Waals surface area contributed by atoms with E-state index in [1.54, 1.807) is 0 Å². The van der Waals surface area contributed by atoms with Gasteiger partial charge in [0.1, 0.15) is 0 Å². The first kappa shape index (κ1) is 13.0. The molecule has 0 aliphatic rings. The molecule has 0 aliphatic carbocycles. The van der Waals surface area contributed by atoms with Gasteiger partial charge in [-0.15, -0.1) is 0 Å². The van der Waals surface area contributed by atoms with Crippen molar-refractivity contribution in [3.05, 3.63) is 28.8 Å². The molecule has 0 saturated carbocycles. The lowest BCUT2D eigenvalue weighted by molar-refractivity contribution is -0.136. The monoisotopic (exact) mass is 269 g/mol. The van der Waals surface area contributed by atoms with Gasteiger partial charge in [0.2, 0.25) is 0 Å². The highest BCUT2D eigenvalue weighted by molar-refractivity contribution is 7.80. The van der Waals surface area contributed by atoms with Crippen LogP contribution in [0.4, 0.5) is 18.9 Å². The third-order valence-electron chi connectivity index (χ3n) is 1.69. The lowest BCUT2D eigenvalue weighted by atomic mass is 10.1. The Morgan fingerprint density at radius 2 is 2.00 bits per heavy atom. The predicted octanol–water partition coefficient (Wildman–Crippen LogP) is 2.52. The quantitative estimate of drug-likeness (QED) is 0.417. The van der Waals surface area contributed by atoms with E-state index in [4.69, 9.17) is 17.4 Å². The second-order valence-corrected chi connectivity index (χ2v) is 3.57. The standard InChI is InChI=1S/C8H7ClF3N3S/c9-5-3-1-2-4(8(10,11)12)6(5)14-7(16)15-13/h1-3H,13H2,(H2,14,15,16). The molecule has 0 aliphatic heterocycles. The Morgan fingerprint density at radius 3 is 2.50 bits per heavy atom. The highest BCUT2D eigenvalue weighted by Crippen LogP contribution is 2.38. The van der Waals surface area contributed by atoms with Crippen molar-refractivity contribution in [1.29, 1.82) is 0 Å². The highest BCUT2D eigenvalue weighted by atomic mass is 35.5. The van der Waals surface area contributed by atoms with Crippen LogP contribution in [0.5, 0.6) is 0 Å². The minimum atomic E-state index is -4.52. The Bertz CT molecular complexity index is 408. The van der Waals surface area contributed by atoms with Gasteiger partial charge in [-0.05, 0) is 24.4 Å². The molecule has 0 aromatic heterocycles. The number of rotatable bonds is 1. The maximum absolute atomic E-state index is 12.6. The van der Waals surface area contributed by atoms with Gasteiger partial charge < -0.3 is 10.7 Å². The molecule has 16 heavy (non-hydrogen) atoms. The van der Waals surface area contributed by atoms with Crippen LogP contribution in [0.2, 0.25) is 5.02 Å².